The maximum absolute atomic E-state index is 12.2. The summed E-state index contributed by atoms with van der Waals surface area (Å²) < 4.78 is 0. The maximum Gasteiger partial charge on any atom is 0.244 e. The molecule has 1 aliphatic carbocycles. The summed E-state index contributed by atoms with van der Waals surface area (Å²) in [6.07, 6.45) is 5.91. The Kier molecular flexibility index (Phi) is 4.80. The van der Waals surface area contributed by atoms with Gasteiger partial charge in [0.15, 0.2) is 0 Å². The summed E-state index contributed by atoms with van der Waals surface area (Å²) in [6.45, 7) is 1.44. The maximum atomic E-state index is 12.2. The lowest BCUT2D eigenvalue weighted by Gasteiger charge is -2.28. The van der Waals surface area contributed by atoms with Gasteiger partial charge in [-0.05, 0) is 38.1 Å². The molecule has 19 heavy (non-hydrogen) atoms. The molecule has 0 spiro atoms. The van der Waals surface area contributed by atoms with E-state index in [4.69, 9.17) is 5.73 Å². The molecule has 0 aromatic carbocycles. The van der Waals surface area contributed by atoms with Crippen LogP contribution in [0.25, 0.3) is 0 Å². The topological polar surface area (TPSA) is 75.4 Å². The number of hydrogen-bond donors (Lipinski definition) is 2. The normalized spacial score (nSPS) is 31.6. The van der Waals surface area contributed by atoms with Gasteiger partial charge in [0.1, 0.15) is 6.04 Å². The highest BCUT2D eigenvalue weighted by Crippen LogP contribution is 2.31. The summed E-state index contributed by atoms with van der Waals surface area (Å²) in [4.78, 5) is 25.7. The van der Waals surface area contributed by atoms with E-state index in [1.54, 1.807) is 11.9 Å². The van der Waals surface area contributed by atoms with Gasteiger partial charge in [0, 0.05) is 19.5 Å². The fourth-order valence-corrected chi connectivity index (χ4v) is 3.27. The molecule has 2 rings (SSSR count). The molecule has 0 aromatic rings. The predicted molar refractivity (Wildman–Crippen MR) is 73.3 cm³/mol. The second kappa shape index (κ2) is 6.37. The molecule has 2 aliphatic rings. The van der Waals surface area contributed by atoms with E-state index in [1.165, 1.54) is 6.42 Å². The standard InChI is InChI=1S/C14H25N3O2/c1-17-8-6-12(14(17)19)16-13(18)11-4-2-3-10(9-11)5-7-15/h10-12H,2-9,15H2,1H3,(H,16,18). The highest BCUT2D eigenvalue weighted by Gasteiger charge is 2.33. The van der Waals surface area contributed by atoms with Crippen LogP contribution in [0.4, 0.5) is 0 Å². The zero-order valence-electron chi connectivity index (χ0n) is 11.7. The van der Waals surface area contributed by atoms with Crippen LogP contribution in [0.2, 0.25) is 0 Å². The fraction of sp³-hybridized carbons (Fsp3) is 0.857. The molecular weight excluding hydrogens is 242 g/mol. The van der Waals surface area contributed by atoms with Gasteiger partial charge in [0.25, 0.3) is 0 Å². The van der Waals surface area contributed by atoms with Crippen molar-refractivity contribution in [2.45, 2.75) is 44.6 Å². The molecule has 3 unspecified atom stereocenters. The van der Waals surface area contributed by atoms with Gasteiger partial charge in [-0.1, -0.05) is 12.8 Å². The third-order valence-corrected chi connectivity index (χ3v) is 4.47. The summed E-state index contributed by atoms with van der Waals surface area (Å²) in [5, 5.41) is 2.93. The molecule has 5 nitrogen and oxygen atoms in total. The average molecular weight is 267 g/mol. The molecule has 1 heterocycles. The van der Waals surface area contributed by atoms with Crippen LogP contribution in [-0.4, -0.2) is 42.9 Å². The van der Waals surface area contributed by atoms with Gasteiger partial charge in [-0.15, -0.1) is 0 Å². The van der Waals surface area contributed by atoms with E-state index in [0.29, 0.717) is 12.5 Å². The molecule has 0 aromatic heterocycles. The van der Waals surface area contributed by atoms with Crippen LogP contribution in [0, 0.1) is 11.8 Å². The van der Waals surface area contributed by atoms with E-state index in [2.05, 4.69) is 5.32 Å². The lowest BCUT2D eigenvalue weighted by Crippen LogP contribution is -2.44. The molecule has 5 heteroatoms. The van der Waals surface area contributed by atoms with Crippen LogP contribution in [0.3, 0.4) is 0 Å². The highest BCUT2D eigenvalue weighted by atomic mass is 16.2. The average Bonchev–Trinajstić information content (AvgIpc) is 2.71. The van der Waals surface area contributed by atoms with Crippen molar-refractivity contribution >= 4 is 11.8 Å². The number of hydrogen-bond acceptors (Lipinski definition) is 3. The van der Waals surface area contributed by atoms with Crippen molar-refractivity contribution in [2.24, 2.45) is 17.6 Å². The minimum absolute atomic E-state index is 0.0441. The van der Waals surface area contributed by atoms with Crippen molar-refractivity contribution in [1.82, 2.24) is 10.2 Å². The second-order valence-corrected chi connectivity index (χ2v) is 5.92. The quantitative estimate of drug-likeness (QED) is 0.778. The molecule has 3 atom stereocenters. The lowest BCUT2D eigenvalue weighted by molar-refractivity contribution is -0.133. The van der Waals surface area contributed by atoms with Crippen LogP contribution in [0.1, 0.15) is 38.5 Å². The zero-order valence-corrected chi connectivity index (χ0v) is 11.7. The summed E-state index contributed by atoms with van der Waals surface area (Å²) in [7, 11) is 1.78. The molecule has 1 aliphatic heterocycles. The molecular formula is C14H25N3O2. The van der Waals surface area contributed by atoms with Crippen molar-refractivity contribution in [3.63, 3.8) is 0 Å². The van der Waals surface area contributed by atoms with Gasteiger partial charge in [0.05, 0.1) is 0 Å². The largest absolute Gasteiger partial charge is 0.344 e. The highest BCUT2D eigenvalue weighted by molar-refractivity contribution is 5.89. The number of likely N-dealkylation sites (N-methyl/N-ethyl adjacent to an activating group) is 1. The smallest absolute Gasteiger partial charge is 0.244 e. The molecule has 2 fully saturated rings. The van der Waals surface area contributed by atoms with E-state index in [9.17, 15) is 9.59 Å². The van der Waals surface area contributed by atoms with Gasteiger partial charge >= 0.3 is 0 Å². The summed E-state index contributed by atoms with van der Waals surface area (Å²) in [6, 6.07) is -0.299. The Labute approximate surface area is 114 Å². The Balaban J connectivity index is 1.84. The first-order valence-electron chi connectivity index (χ1n) is 7.37. The Bertz CT molecular complexity index is 344. The van der Waals surface area contributed by atoms with Crippen molar-refractivity contribution < 1.29 is 9.59 Å². The molecule has 1 saturated heterocycles. The Morgan fingerprint density at radius 2 is 2.21 bits per heavy atom. The molecule has 2 amide bonds. The zero-order chi connectivity index (χ0) is 13.8. The monoisotopic (exact) mass is 267 g/mol. The van der Waals surface area contributed by atoms with Crippen LogP contribution in [0.15, 0.2) is 0 Å². The minimum Gasteiger partial charge on any atom is -0.344 e. The van der Waals surface area contributed by atoms with E-state index in [1.807, 2.05) is 0 Å². The minimum atomic E-state index is -0.299. The van der Waals surface area contributed by atoms with Gasteiger partial charge in [0.2, 0.25) is 11.8 Å². The number of carbonyl (C=O) groups excluding carboxylic acids is 2. The number of nitrogens with zero attached hydrogens (tertiary/aromatic N) is 1. The summed E-state index contributed by atoms with van der Waals surface area (Å²) in [5.74, 6) is 0.762. The third kappa shape index (κ3) is 3.47. The van der Waals surface area contributed by atoms with E-state index in [0.717, 1.165) is 38.6 Å². The van der Waals surface area contributed by atoms with Crippen LogP contribution < -0.4 is 11.1 Å². The third-order valence-electron chi connectivity index (χ3n) is 4.47. The van der Waals surface area contributed by atoms with Gasteiger partial charge in [-0.3, -0.25) is 9.59 Å². The number of rotatable bonds is 4. The van der Waals surface area contributed by atoms with Crippen LogP contribution in [-0.2, 0) is 9.59 Å². The molecule has 0 radical (unpaired) electrons. The Morgan fingerprint density at radius 3 is 2.84 bits per heavy atom. The first-order valence-corrected chi connectivity index (χ1v) is 7.37. The summed E-state index contributed by atoms with van der Waals surface area (Å²) >= 11 is 0. The first-order chi connectivity index (χ1) is 9.11. The molecule has 1 saturated carbocycles. The van der Waals surface area contributed by atoms with Crippen molar-refractivity contribution in [3.05, 3.63) is 0 Å². The fourth-order valence-electron chi connectivity index (χ4n) is 3.27. The van der Waals surface area contributed by atoms with Crippen molar-refractivity contribution in [2.75, 3.05) is 20.1 Å². The molecule has 3 N–H and O–H groups in total. The number of likely N-dealkylation sites (tertiary alicyclic amines) is 1. The van der Waals surface area contributed by atoms with Gasteiger partial charge < -0.3 is 16.0 Å². The molecule has 108 valence electrons. The van der Waals surface area contributed by atoms with Gasteiger partial charge in [-0.25, -0.2) is 0 Å². The SMILES string of the molecule is CN1CCC(NC(=O)C2CCCC(CCN)C2)C1=O. The van der Waals surface area contributed by atoms with Crippen molar-refractivity contribution in [3.8, 4) is 0 Å². The second-order valence-electron chi connectivity index (χ2n) is 5.92. The number of nitrogens with one attached hydrogen (secondary N) is 1. The first kappa shape index (κ1) is 14.3. The van der Waals surface area contributed by atoms with Crippen molar-refractivity contribution in [1.29, 1.82) is 0 Å². The Hall–Kier alpha value is -1.10. The van der Waals surface area contributed by atoms with E-state index >= 15 is 0 Å². The number of carbonyl (C=O) groups is 2. The van der Waals surface area contributed by atoms with Crippen LogP contribution in [0.5, 0.6) is 0 Å². The van der Waals surface area contributed by atoms with E-state index < -0.39 is 0 Å². The number of amides is 2. The predicted octanol–water partition coefficient (Wildman–Crippen LogP) is 0.489. The van der Waals surface area contributed by atoms with E-state index in [-0.39, 0.29) is 23.8 Å². The summed E-state index contributed by atoms with van der Waals surface area (Å²) in [5.41, 5.74) is 5.60. The van der Waals surface area contributed by atoms with Crippen LogP contribution >= 0.6 is 0 Å². The van der Waals surface area contributed by atoms with Gasteiger partial charge in [-0.2, -0.15) is 0 Å². The number of nitrogens with two attached hydrogens (primary N) is 1. The lowest BCUT2D eigenvalue weighted by atomic mass is 9.79. The Morgan fingerprint density at radius 1 is 1.42 bits per heavy atom. The molecule has 0 bridgehead atoms.